The second-order valence-electron chi connectivity index (χ2n) is 5.64. The normalized spacial score (nSPS) is 12.0. The van der Waals surface area contributed by atoms with Crippen molar-refractivity contribution in [2.75, 3.05) is 13.1 Å². The first-order chi connectivity index (χ1) is 11.7. The number of aromatic nitrogens is 1. The maximum absolute atomic E-state index is 5.90. The van der Waals surface area contributed by atoms with Gasteiger partial charge in [0.05, 0.1) is 18.8 Å². The summed E-state index contributed by atoms with van der Waals surface area (Å²) in [6.45, 7) is 8.17. The summed E-state index contributed by atoms with van der Waals surface area (Å²) in [6, 6.07) is 13.9. The third-order valence-electron chi connectivity index (χ3n) is 3.38. The molecule has 136 valence electrons. The molecule has 25 heavy (non-hydrogen) atoms. The Morgan fingerprint density at radius 3 is 2.56 bits per heavy atom. The molecule has 2 aromatic rings. The van der Waals surface area contributed by atoms with Gasteiger partial charge in [0.25, 0.3) is 0 Å². The van der Waals surface area contributed by atoms with Crippen LogP contribution in [0.5, 0.6) is 5.75 Å². The van der Waals surface area contributed by atoms with Crippen LogP contribution in [0.1, 0.15) is 25.1 Å². The lowest BCUT2D eigenvalue weighted by atomic mass is 10.2. The zero-order chi connectivity index (χ0) is 17.2. The largest absolute Gasteiger partial charge is 0.489 e. The number of nitrogens with one attached hydrogen (secondary N) is 2. The third-order valence-corrected chi connectivity index (χ3v) is 3.38. The second kappa shape index (κ2) is 11.7. The number of hydrogen-bond donors (Lipinski definition) is 2. The molecule has 1 aromatic heterocycles. The van der Waals surface area contributed by atoms with E-state index in [0.29, 0.717) is 13.1 Å². The van der Waals surface area contributed by atoms with Gasteiger partial charge in [-0.3, -0.25) is 4.98 Å². The summed E-state index contributed by atoms with van der Waals surface area (Å²) in [6.07, 6.45) is 1.81. The molecule has 0 fully saturated rings. The number of pyridine rings is 1. The molecule has 1 aromatic carbocycles. The van der Waals surface area contributed by atoms with Crippen LogP contribution < -0.4 is 15.4 Å². The van der Waals surface area contributed by atoms with E-state index in [-0.39, 0.29) is 30.1 Å². The van der Waals surface area contributed by atoms with Crippen molar-refractivity contribution in [2.24, 2.45) is 4.99 Å². The van der Waals surface area contributed by atoms with Gasteiger partial charge < -0.3 is 15.4 Å². The fraction of sp³-hybridized carbons (Fsp3) is 0.368. The molecule has 1 heterocycles. The lowest BCUT2D eigenvalue weighted by Gasteiger charge is -2.17. The van der Waals surface area contributed by atoms with Crippen LogP contribution in [-0.4, -0.2) is 30.1 Å². The van der Waals surface area contributed by atoms with Gasteiger partial charge in [-0.05, 0) is 45.0 Å². The molecule has 0 saturated heterocycles. The van der Waals surface area contributed by atoms with E-state index in [1.54, 1.807) is 6.20 Å². The quantitative estimate of drug-likeness (QED) is 0.382. The van der Waals surface area contributed by atoms with Crippen LogP contribution in [0.4, 0.5) is 0 Å². The maximum atomic E-state index is 5.90. The fourth-order valence-corrected chi connectivity index (χ4v) is 2.12. The molecule has 0 aliphatic heterocycles. The van der Waals surface area contributed by atoms with E-state index in [4.69, 9.17) is 4.74 Å². The van der Waals surface area contributed by atoms with Gasteiger partial charge in [-0.15, -0.1) is 24.0 Å². The summed E-state index contributed by atoms with van der Waals surface area (Å²) in [4.78, 5) is 8.83. The molecule has 0 amide bonds. The SMILES string of the molecule is CCNC(=NCc1ccccn1)NCC(C)Oc1ccc(C)cc1.I. The number of rotatable bonds is 7. The van der Waals surface area contributed by atoms with Crippen LogP contribution in [0, 0.1) is 6.92 Å². The Labute approximate surface area is 167 Å². The third kappa shape index (κ3) is 8.20. The van der Waals surface area contributed by atoms with Gasteiger partial charge in [-0.1, -0.05) is 23.8 Å². The van der Waals surface area contributed by atoms with E-state index in [1.807, 2.05) is 56.3 Å². The van der Waals surface area contributed by atoms with Crippen LogP contribution in [0.3, 0.4) is 0 Å². The maximum Gasteiger partial charge on any atom is 0.191 e. The van der Waals surface area contributed by atoms with E-state index < -0.39 is 0 Å². The highest BCUT2D eigenvalue weighted by atomic mass is 127. The van der Waals surface area contributed by atoms with Crippen LogP contribution in [0.2, 0.25) is 0 Å². The van der Waals surface area contributed by atoms with E-state index >= 15 is 0 Å². The predicted octanol–water partition coefficient (Wildman–Crippen LogP) is 3.53. The molecular weight excluding hydrogens is 427 g/mol. The van der Waals surface area contributed by atoms with Crippen molar-refractivity contribution >= 4 is 29.9 Å². The Bertz CT molecular complexity index is 632. The molecule has 6 heteroatoms. The van der Waals surface area contributed by atoms with Crippen LogP contribution >= 0.6 is 24.0 Å². The van der Waals surface area contributed by atoms with E-state index in [9.17, 15) is 0 Å². The van der Waals surface area contributed by atoms with Crippen molar-refractivity contribution in [3.8, 4) is 5.75 Å². The topological polar surface area (TPSA) is 58.5 Å². The number of hydrogen-bond acceptors (Lipinski definition) is 3. The predicted molar refractivity (Wildman–Crippen MR) is 114 cm³/mol. The lowest BCUT2D eigenvalue weighted by molar-refractivity contribution is 0.224. The summed E-state index contributed by atoms with van der Waals surface area (Å²) in [5.41, 5.74) is 2.17. The van der Waals surface area contributed by atoms with Gasteiger partial charge in [0.15, 0.2) is 5.96 Å². The first kappa shape index (κ1) is 21.2. The van der Waals surface area contributed by atoms with Crippen molar-refractivity contribution in [3.05, 3.63) is 59.9 Å². The number of guanidine groups is 1. The smallest absolute Gasteiger partial charge is 0.191 e. The highest BCUT2D eigenvalue weighted by Gasteiger charge is 2.06. The Morgan fingerprint density at radius 2 is 1.92 bits per heavy atom. The first-order valence-electron chi connectivity index (χ1n) is 8.32. The Hall–Kier alpha value is -1.83. The van der Waals surface area contributed by atoms with Crippen molar-refractivity contribution in [1.82, 2.24) is 15.6 Å². The summed E-state index contributed by atoms with van der Waals surface area (Å²) in [5.74, 6) is 1.65. The minimum Gasteiger partial charge on any atom is -0.489 e. The zero-order valence-corrected chi connectivity index (χ0v) is 17.4. The van der Waals surface area contributed by atoms with Crippen LogP contribution in [0.25, 0.3) is 0 Å². The molecule has 0 aliphatic rings. The molecule has 2 rings (SSSR count). The Morgan fingerprint density at radius 1 is 1.16 bits per heavy atom. The molecule has 5 nitrogen and oxygen atoms in total. The minimum absolute atomic E-state index is 0. The molecule has 1 atom stereocenters. The van der Waals surface area contributed by atoms with Crippen LogP contribution in [-0.2, 0) is 6.54 Å². The molecule has 0 spiro atoms. The van der Waals surface area contributed by atoms with E-state index in [1.165, 1.54) is 5.56 Å². The van der Waals surface area contributed by atoms with Gasteiger partial charge in [-0.2, -0.15) is 0 Å². The minimum atomic E-state index is 0. The number of ether oxygens (including phenoxy) is 1. The molecular formula is C19H27IN4O. The van der Waals surface area contributed by atoms with Crippen LogP contribution in [0.15, 0.2) is 53.7 Å². The number of aryl methyl sites for hydroxylation is 1. The second-order valence-corrected chi connectivity index (χ2v) is 5.64. The summed E-state index contributed by atoms with van der Waals surface area (Å²) in [7, 11) is 0. The number of halogens is 1. The molecule has 2 N–H and O–H groups in total. The molecule has 0 bridgehead atoms. The van der Waals surface area contributed by atoms with Crippen molar-refractivity contribution in [3.63, 3.8) is 0 Å². The molecule has 0 saturated carbocycles. The Kier molecular flexibility index (Phi) is 9.91. The summed E-state index contributed by atoms with van der Waals surface area (Å²) >= 11 is 0. The standard InChI is InChI=1S/C19H26N4O.HI/c1-4-20-19(23-14-17-7-5-6-12-21-17)22-13-16(3)24-18-10-8-15(2)9-11-18;/h5-12,16H,4,13-14H2,1-3H3,(H2,20,22,23);1H. The summed E-state index contributed by atoms with van der Waals surface area (Å²) < 4.78 is 5.90. The van der Waals surface area contributed by atoms with E-state index in [0.717, 1.165) is 23.9 Å². The highest BCUT2D eigenvalue weighted by molar-refractivity contribution is 14.0. The number of nitrogens with zero attached hydrogens (tertiary/aromatic N) is 2. The van der Waals surface area contributed by atoms with Crippen molar-refractivity contribution in [2.45, 2.75) is 33.4 Å². The van der Waals surface area contributed by atoms with Gasteiger partial charge in [0, 0.05) is 12.7 Å². The molecule has 0 aliphatic carbocycles. The summed E-state index contributed by atoms with van der Waals surface area (Å²) in [5, 5.41) is 6.54. The van der Waals surface area contributed by atoms with Gasteiger partial charge >= 0.3 is 0 Å². The monoisotopic (exact) mass is 454 g/mol. The molecule has 1 unspecified atom stereocenters. The van der Waals surface area contributed by atoms with E-state index in [2.05, 4.69) is 27.5 Å². The van der Waals surface area contributed by atoms with Crippen molar-refractivity contribution in [1.29, 1.82) is 0 Å². The first-order valence-corrected chi connectivity index (χ1v) is 8.32. The number of benzene rings is 1. The fourth-order valence-electron chi connectivity index (χ4n) is 2.12. The van der Waals surface area contributed by atoms with Crippen molar-refractivity contribution < 1.29 is 4.74 Å². The van der Waals surface area contributed by atoms with Gasteiger partial charge in [-0.25, -0.2) is 4.99 Å². The average Bonchev–Trinajstić information content (AvgIpc) is 2.60. The highest BCUT2D eigenvalue weighted by Crippen LogP contribution is 2.12. The lowest BCUT2D eigenvalue weighted by Crippen LogP contribution is -2.41. The molecule has 0 radical (unpaired) electrons. The van der Waals surface area contributed by atoms with Gasteiger partial charge in [0.1, 0.15) is 11.9 Å². The zero-order valence-electron chi connectivity index (χ0n) is 15.0. The Balaban J connectivity index is 0.00000312. The van der Waals surface area contributed by atoms with Gasteiger partial charge in [0.2, 0.25) is 0 Å². The number of aliphatic imine (C=N–C) groups is 1. The average molecular weight is 454 g/mol.